The number of anilines is 3. The molecule has 0 aliphatic rings. The van der Waals surface area contributed by atoms with Crippen LogP contribution in [0.3, 0.4) is 0 Å². The number of phenolic OH excluding ortho intramolecular Hbond substituents is 1. The molecule has 0 bridgehead atoms. The molecule has 49 nitrogen and oxygen atoms in total. The van der Waals surface area contributed by atoms with Crippen molar-refractivity contribution in [1.29, 1.82) is 0 Å². The van der Waals surface area contributed by atoms with Crippen molar-refractivity contribution >= 4 is 190 Å². The molecule has 7 aromatic carbocycles. The molecule has 0 amide bonds. The molecule has 117 heavy (non-hydrogen) atoms. The van der Waals surface area contributed by atoms with E-state index in [4.69, 9.17) is 26.1 Å². The Kier molecular flexibility index (Phi) is 57.7. The van der Waals surface area contributed by atoms with E-state index in [0.717, 1.165) is 86.0 Å². The molecule has 7 N–H and O–H groups in total. The molecule has 0 radical (unpaired) electrons. The first-order chi connectivity index (χ1) is 51.0. The summed E-state index contributed by atoms with van der Waals surface area (Å²) >= 11 is 0.316. The van der Waals surface area contributed by atoms with Gasteiger partial charge in [-0.05, 0) is 109 Å². The molecule has 7 aromatic rings. The average molecular weight is 1930 g/mol. The third-order valence-electron chi connectivity index (χ3n) is 13.0. The minimum absolute atomic E-state index is 0. The van der Waals surface area contributed by atoms with Gasteiger partial charge in [-0.1, -0.05) is 5.04 Å². The van der Waals surface area contributed by atoms with Gasteiger partial charge in [0.25, 0.3) is 0 Å². The maximum Gasteiger partial charge on any atom is 1.00 e. The number of ether oxygens (including phenoxy) is 1. The van der Waals surface area contributed by atoms with Crippen molar-refractivity contribution in [2.24, 2.45) is 40.9 Å². The van der Waals surface area contributed by atoms with Crippen LogP contribution in [0.25, 0.3) is 10.8 Å². The summed E-state index contributed by atoms with van der Waals surface area (Å²) in [6, 6.07) is 16.8. The second-order valence-corrected chi connectivity index (χ2v) is 35.0. The van der Waals surface area contributed by atoms with Gasteiger partial charge in [0.15, 0.2) is 69.7 Å². The smallest absolute Gasteiger partial charge is 0.744 e. The Labute approximate surface area is 853 Å². The first-order valence-corrected chi connectivity index (χ1v) is 41.9. The molecule has 0 saturated carbocycles. The maximum absolute atomic E-state index is 12.8. The van der Waals surface area contributed by atoms with Crippen LogP contribution in [-0.2, 0) is 136 Å². The van der Waals surface area contributed by atoms with E-state index < -0.39 is 204 Å². The molecule has 0 fully saturated rings. The van der Waals surface area contributed by atoms with Crippen molar-refractivity contribution in [3.05, 3.63) is 103 Å². The zero-order chi connectivity index (χ0) is 80.9. The quantitative estimate of drug-likeness (QED) is 0.00319. The first kappa shape index (κ1) is 121. The van der Waals surface area contributed by atoms with E-state index in [1.54, 1.807) is 0 Å². The van der Waals surface area contributed by atoms with Crippen LogP contribution in [0.4, 0.5) is 62.6 Å². The summed E-state index contributed by atoms with van der Waals surface area (Å²) in [5.74, 6) is -3.87. The number of hydrogen-bond acceptors (Lipinski definition) is 52. The van der Waals surface area contributed by atoms with Crippen LogP contribution in [0, 0.1) is 0 Å². The van der Waals surface area contributed by atoms with Crippen molar-refractivity contribution < 1.29 is 409 Å². The van der Waals surface area contributed by atoms with E-state index >= 15 is 0 Å². The maximum atomic E-state index is 12.8. The van der Waals surface area contributed by atoms with Crippen molar-refractivity contribution in [2.45, 2.75) is 39.2 Å². The van der Waals surface area contributed by atoms with Gasteiger partial charge in [0.05, 0.1) is 142 Å². The number of phenols is 1. The van der Waals surface area contributed by atoms with Gasteiger partial charge in [0.1, 0.15) is 70.2 Å². The number of methoxy groups -OCH3 is 1. The molecule has 0 atom stereocenters. The SMILES string of the molecule is COc1ccc(S(=O)(=O)CCOS(=O)(=O)[O-])cc1N=Nc1c(S(=O)(=O)[O-])cc2cc(SOO[O-])c(N=Nc3ccc(S(=O)(=O)CCOSOO[O-])cc3)c(O)c2c1N.Nc1c(N=Nc2ccc(S(=O)(=O)CCOSOO[O-])cc2S(=O)(=O)[O-])cc(S(=O)(=O)[O-])c(N)c1N=Nc1ccc(S(=O)(=O)CCOOO[O-])cc1.[Na+].[Na+].[Na+].[Na+].[Na+].[Na+].[Na+].[Na+]. The number of sulfone groups is 4. The number of hydrogen-bond donors (Lipinski definition) is 4. The molecule has 596 valence electrons. The van der Waals surface area contributed by atoms with Crippen molar-refractivity contribution in [3.63, 3.8) is 0 Å². The Morgan fingerprint density at radius 3 is 1.30 bits per heavy atom. The van der Waals surface area contributed by atoms with Crippen molar-refractivity contribution in [1.82, 2.24) is 0 Å². The molecule has 0 spiro atoms. The monoisotopic (exact) mass is 1930 g/mol. The minimum Gasteiger partial charge on any atom is -0.744 e. The van der Waals surface area contributed by atoms with Gasteiger partial charge in [-0.15, -0.1) is 39.4 Å². The third kappa shape index (κ3) is 37.3. The zero-order valence-corrected chi connectivity index (χ0v) is 86.3. The second-order valence-electron chi connectivity index (χ2n) is 19.7. The van der Waals surface area contributed by atoms with Crippen molar-refractivity contribution in [2.75, 3.05) is 73.7 Å². The fourth-order valence-corrected chi connectivity index (χ4v) is 16.1. The van der Waals surface area contributed by atoms with Gasteiger partial charge in [0.2, 0.25) is 10.4 Å². The summed E-state index contributed by atoms with van der Waals surface area (Å²) in [5.41, 5.74) is 12.3. The summed E-state index contributed by atoms with van der Waals surface area (Å²) in [4.78, 5) is -0.997. The van der Waals surface area contributed by atoms with Gasteiger partial charge in [-0.2, -0.15) is 14.6 Å². The number of benzene rings is 7. The fraction of sp³-hybridized carbons (Fsp3) is 0.184. The van der Waals surface area contributed by atoms with Crippen LogP contribution < -0.4 is 279 Å². The Bertz CT molecular complexity index is 5590. The predicted molar refractivity (Wildman–Crippen MR) is 350 cm³/mol. The normalized spacial score (nSPS) is 12.1. The predicted octanol–water partition coefficient (Wildman–Crippen LogP) is -22.0. The van der Waals surface area contributed by atoms with E-state index in [1.165, 1.54) is 12.1 Å². The minimum atomic E-state index is -5.45. The molecular weight excluding hydrogens is 1890 g/mol. The summed E-state index contributed by atoms with van der Waals surface area (Å²) in [6.45, 7) is -2.53. The fourth-order valence-electron chi connectivity index (χ4n) is 8.19. The average Bonchev–Trinajstić information content (AvgIpc) is 0.744. The third-order valence-corrected chi connectivity index (χ3v) is 24.2. The molecule has 68 heteroatoms. The van der Waals surface area contributed by atoms with Gasteiger partial charge < -0.3 is 66.3 Å². The molecule has 0 aromatic heterocycles. The van der Waals surface area contributed by atoms with Gasteiger partial charge in [-0.3, -0.25) is 32.7 Å². The number of aromatic hydroxyl groups is 1. The topological polar surface area (TPSA) is 775 Å². The zero-order valence-electron chi connectivity index (χ0n) is 61.3. The van der Waals surface area contributed by atoms with E-state index in [0.29, 0.717) is 12.1 Å². The molecule has 0 unspecified atom stereocenters. The Morgan fingerprint density at radius 2 is 0.829 bits per heavy atom. The molecule has 0 aliphatic heterocycles. The number of rotatable bonds is 40. The largest absolute Gasteiger partial charge is 1.00 e. The van der Waals surface area contributed by atoms with Gasteiger partial charge in [0, 0.05) is 0 Å². The van der Waals surface area contributed by atoms with Crippen LogP contribution in [0.5, 0.6) is 11.5 Å². The van der Waals surface area contributed by atoms with Gasteiger partial charge >= 0.3 is 236 Å². The molecule has 0 heterocycles. The Hall–Kier alpha value is 0.0500. The summed E-state index contributed by atoms with van der Waals surface area (Å²) in [5, 5.41) is 96.9. The summed E-state index contributed by atoms with van der Waals surface area (Å²) < 4.78 is 273. The number of nitrogens with zero attached hydrogens (tertiary/aromatic N) is 8. The number of nitrogens with two attached hydrogens (primary N) is 3. The summed E-state index contributed by atoms with van der Waals surface area (Å²) in [7, 11) is -36.8. The van der Waals surface area contributed by atoms with Gasteiger partial charge in [-0.25, -0.2) is 72.2 Å². The molecular formula is C49H43N11Na8O38S11. The van der Waals surface area contributed by atoms with E-state index in [2.05, 4.69) is 92.4 Å². The second kappa shape index (κ2) is 55.7. The Balaban J connectivity index is -0.00000209. The molecule has 0 aliphatic carbocycles. The number of azo groups is 4. The van der Waals surface area contributed by atoms with Crippen LogP contribution >= 0.6 is 36.7 Å². The molecule has 0 saturated heterocycles. The van der Waals surface area contributed by atoms with Crippen LogP contribution in [0.2, 0.25) is 0 Å². The standard InChI is InChI=1S/C27H27N5O20S6.C22H24N6O18S5.8Na/c1-46-20-7-6-18(56(38,39)11-9-48-58(43,44)45)14-19(20)30-32-26-22(57(40,41)42)13-15-12-21(53-51-49-34)25(27(33)23(15)24(26)28)31-29-16-2-4-17(5-3-16)55(36,37)10-8-47-54-52-50-35;23-20-17(27-26-16-6-5-15(11-18(16)50(35,36)37)49(33,34)10-8-42-47-46-44-30)12-19(51(38,39)40)21(24)22(20)28-25-13-1-3-14(4-2-13)48(31,32)9-7-41-45-43-29;;;;;;;;/h2-7,12-14,33-35H,8-11,28H2,1H3,(H,40,41,42)(H,43,44,45);1-6,11-12,29-30H,7-10,23-24H2,(H,35,36,37)(H,38,39,40);;;;;;;;/q;;8*+1/p-8. The van der Waals surface area contributed by atoms with Crippen LogP contribution in [0.15, 0.2) is 183 Å². The first-order valence-electron chi connectivity index (χ1n) is 27.7. The Morgan fingerprint density at radius 1 is 0.402 bits per heavy atom. The van der Waals surface area contributed by atoms with E-state index in [9.17, 15) is 112 Å². The number of fused-ring (bicyclic) bond motifs is 1. The van der Waals surface area contributed by atoms with E-state index in [-0.39, 0.29) is 323 Å². The van der Waals surface area contributed by atoms with Crippen LogP contribution in [-0.4, -0.2) is 147 Å². The van der Waals surface area contributed by atoms with Crippen LogP contribution in [0.1, 0.15) is 0 Å². The summed E-state index contributed by atoms with van der Waals surface area (Å²) in [6.07, 6.45) is 0. The van der Waals surface area contributed by atoms with Crippen molar-refractivity contribution in [3.8, 4) is 11.5 Å². The molecule has 7 rings (SSSR count). The number of nitrogen functional groups attached to an aromatic ring is 3. The van der Waals surface area contributed by atoms with E-state index in [1.807, 2.05) is 0 Å².